The molecule has 0 aromatic heterocycles. The third-order valence-corrected chi connectivity index (χ3v) is 8.12. The molecule has 2 aromatic carbocycles. The number of amides is 2. The number of anilines is 1. The maximum atomic E-state index is 16.7. The molecule has 1 saturated carbocycles. The molecule has 5 rings (SSSR count). The fourth-order valence-electron chi connectivity index (χ4n) is 6.05. The van der Waals surface area contributed by atoms with E-state index in [9.17, 15) is 9.59 Å². The van der Waals surface area contributed by atoms with Crippen molar-refractivity contribution in [2.24, 2.45) is 5.92 Å². The number of ether oxygens (including phenoxy) is 1. The standard InChI is InChI=1S/C27H30ClF2N3O3/c1-36-16-22-20-12-15-33(23(20)19-6-2-3-7-21(19)31-22)25(35)26(29)13-4-5-14-27(26,30)32-24(34)17-8-10-18(28)11-9-17/h2-3,6-11,20,22-23,31H,4-5,12-16H2,1H3,(H,32,34)/t20-,22+,23+,26+,27+/m1/s1. The van der Waals surface area contributed by atoms with E-state index in [1.807, 2.05) is 24.3 Å². The van der Waals surface area contributed by atoms with Crippen molar-refractivity contribution in [1.82, 2.24) is 10.2 Å². The highest BCUT2D eigenvalue weighted by Crippen LogP contribution is 2.50. The smallest absolute Gasteiger partial charge is 0.266 e. The summed E-state index contributed by atoms with van der Waals surface area (Å²) >= 11 is 5.89. The van der Waals surface area contributed by atoms with E-state index in [4.69, 9.17) is 16.3 Å². The van der Waals surface area contributed by atoms with Crippen molar-refractivity contribution in [3.8, 4) is 0 Å². The number of para-hydroxylation sites is 1. The first-order chi connectivity index (χ1) is 17.3. The third kappa shape index (κ3) is 4.14. The van der Waals surface area contributed by atoms with E-state index in [1.165, 1.54) is 29.2 Å². The number of benzene rings is 2. The summed E-state index contributed by atoms with van der Waals surface area (Å²) in [4.78, 5) is 28.3. The Morgan fingerprint density at radius 3 is 2.61 bits per heavy atom. The van der Waals surface area contributed by atoms with Crippen molar-refractivity contribution in [1.29, 1.82) is 0 Å². The van der Waals surface area contributed by atoms with E-state index in [0.717, 1.165) is 11.3 Å². The number of fused-ring (bicyclic) bond motifs is 3. The molecule has 2 amide bonds. The average Bonchev–Trinajstić information content (AvgIpc) is 3.32. The van der Waals surface area contributed by atoms with E-state index < -0.39 is 29.3 Å². The van der Waals surface area contributed by atoms with Gasteiger partial charge in [0, 0.05) is 42.3 Å². The molecule has 0 radical (unpaired) electrons. The molecule has 0 bridgehead atoms. The van der Waals surface area contributed by atoms with Crippen molar-refractivity contribution in [2.45, 2.75) is 55.6 Å². The van der Waals surface area contributed by atoms with Gasteiger partial charge in [0.05, 0.1) is 18.7 Å². The number of hydrogen-bond acceptors (Lipinski definition) is 4. The lowest BCUT2D eigenvalue weighted by atomic mass is 9.77. The lowest BCUT2D eigenvalue weighted by molar-refractivity contribution is -0.167. The Morgan fingerprint density at radius 2 is 1.86 bits per heavy atom. The molecular weight excluding hydrogens is 488 g/mol. The van der Waals surface area contributed by atoms with Crippen LogP contribution in [0.4, 0.5) is 14.5 Å². The fraction of sp³-hybridized carbons (Fsp3) is 0.481. The Bertz CT molecular complexity index is 1150. The van der Waals surface area contributed by atoms with Crippen LogP contribution in [0.3, 0.4) is 0 Å². The van der Waals surface area contributed by atoms with Gasteiger partial charge in [-0.25, -0.2) is 8.78 Å². The maximum absolute atomic E-state index is 16.7. The van der Waals surface area contributed by atoms with Crippen LogP contribution in [0.25, 0.3) is 0 Å². The number of rotatable bonds is 5. The van der Waals surface area contributed by atoms with Crippen LogP contribution in [-0.4, -0.2) is 54.5 Å². The monoisotopic (exact) mass is 517 g/mol. The maximum Gasteiger partial charge on any atom is 0.266 e. The zero-order valence-electron chi connectivity index (χ0n) is 20.1. The second kappa shape index (κ2) is 9.63. The molecule has 192 valence electrons. The highest BCUT2D eigenvalue weighted by molar-refractivity contribution is 6.30. The average molecular weight is 518 g/mol. The molecule has 0 spiro atoms. The lowest BCUT2D eigenvalue weighted by Gasteiger charge is -2.46. The Morgan fingerprint density at radius 1 is 1.14 bits per heavy atom. The fourth-order valence-corrected chi connectivity index (χ4v) is 6.18. The van der Waals surface area contributed by atoms with E-state index in [-0.39, 0.29) is 30.4 Å². The molecule has 3 aliphatic rings. The third-order valence-electron chi connectivity index (χ3n) is 7.87. The van der Waals surface area contributed by atoms with Gasteiger partial charge in [-0.1, -0.05) is 29.8 Å². The van der Waals surface area contributed by atoms with Gasteiger partial charge in [0.2, 0.25) is 11.5 Å². The van der Waals surface area contributed by atoms with Crippen molar-refractivity contribution >= 4 is 29.1 Å². The van der Waals surface area contributed by atoms with Crippen molar-refractivity contribution in [3.63, 3.8) is 0 Å². The summed E-state index contributed by atoms with van der Waals surface area (Å²) in [6.07, 6.45) is 0.792. The Hall–Kier alpha value is -2.71. The summed E-state index contributed by atoms with van der Waals surface area (Å²) in [6, 6.07) is 13.1. The normalized spacial score (nSPS) is 31.2. The molecule has 2 fully saturated rings. The van der Waals surface area contributed by atoms with Crippen LogP contribution < -0.4 is 10.6 Å². The number of nitrogens with one attached hydrogen (secondary N) is 2. The summed E-state index contributed by atoms with van der Waals surface area (Å²) in [5.41, 5.74) is -0.985. The molecule has 2 N–H and O–H groups in total. The van der Waals surface area contributed by atoms with Crippen LogP contribution in [0.15, 0.2) is 48.5 Å². The topological polar surface area (TPSA) is 70.7 Å². The SMILES string of the molecule is COC[C@@H]1Nc2ccccc2[C@H]2[C@@H]1CCN2C(=O)[C@@]1(F)CCCC[C@]1(F)NC(=O)c1ccc(Cl)cc1. The minimum atomic E-state index is -2.88. The second-order valence-corrected chi connectivity index (χ2v) is 10.4. The first kappa shape index (κ1) is 25.0. The summed E-state index contributed by atoms with van der Waals surface area (Å²) in [7, 11) is 1.62. The minimum absolute atomic E-state index is 0.00587. The van der Waals surface area contributed by atoms with Gasteiger partial charge in [-0.05, 0) is 61.6 Å². The number of carbonyl (C=O) groups excluding carboxylic acids is 2. The number of likely N-dealkylation sites (tertiary alicyclic amines) is 1. The number of methoxy groups -OCH3 is 1. The van der Waals surface area contributed by atoms with E-state index in [0.29, 0.717) is 37.4 Å². The molecule has 1 saturated heterocycles. The summed E-state index contributed by atoms with van der Waals surface area (Å²) in [5.74, 6) is -4.51. The molecule has 9 heteroatoms. The van der Waals surface area contributed by atoms with Crippen LogP contribution in [0, 0.1) is 5.92 Å². The van der Waals surface area contributed by atoms with Crippen molar-refractivity contribution in [2.75, 3.05) is 25.6 Å². The van der Waals surface area contributed by atoms with Gasteiger partial charge in [0.15, 0.2) is 0 Å². The zero-order valence-corrected chi connectivity index (χ0v) is 20.9. The first-order valence-corrected chi connectivity index (χ1v) is 12.8. The molecule has 2 aromatic rings. The first-order valence-electron chi connectivity index (χ1n) is 12.4. The van der Waals surface area contributed by atoms with Gasteiger partial charge in [-0.15, -0.1) is 0 Å². The van der Waals surface area contributed by atoms with Gasteiger partial charge in [-0.3, -0.25) is 9.59 Å². The van der Waals surface area contributed by atoms with E-state index in [1.54, 1.807) is 7.11 Å². The van der Waals surface area contributed by atoms with Crippen LogP contribution >= 0.6 is 11.6 Å². The van der Waals surface area contributed by atoms with Crippen molar-refractivity contribution < 1.29 is 23.1 Å². The molecule has 36 heavy (non-hydrogen) atoms. The largest absolute Gasteiger partial charge is 0.383 e. The molecular formula is C27H30ClF2N3O3. The summed E-state index contributed by atoms with van der Waals surface area (Å²) in [5, 5.41) is 6.15. The number of halogens is 3. The van der Waals surface area contributed by atoms with Gasteiger partial charge >= 0.3 is 0 Å². The number of nitrogens with zero attached hydrogens (tertiary/aromatic N) is 1. The Balaban J connectivity index is 1.46. The van der Waals surface area contributed by atoms with Gasteiger partial charge in [0.1, 0.15) is 0 Å². The molecule has 0 unspecified atom stereocenters. The van der Waals surface area contributed by atoms with E-state index in [2.05, 4.69) is 10.6 Å². The second-order valence-electron chi connectivity index (χ2n) is 9.96. The molecule has 6 nitrogen and oxygen atoms in total. The van der Waals surface area contributed by atoms with Crippen LogP contribution in [0.1, 0.15) is 54.1 Å². The molecule has 5 atom stereocenters. The van der Waals surface area contributed by atoms with E-state index >= 15 is 8.78 Å². The number of alkyl halides is 2. The van der Waals surface area contributed by atoms with Crippen LogP contribution in [0.5, 0.6) is 0 Å². The summed E-state index contributed by atoms with van der Waals surface area (Å²) < 4.78 is 38.6. The van der Waals surface area contributed by atoms with Gasteiger partial charge in [0.25, 0.3) is 11.8 Å². The predicted octanol–water partition coefficient (Wildman–Crippen LogP) is 5.05. The lowest BCUT2D eigenvalue weighted by Crippen LogP contribution is -2.67. The number of hydrogen-bond donors (Lipinski definition) is 2. The zero-order chi connectivity index (χ0) is 25.5. The van der Waals surface area contributed by atoms with Crippen LogP contribution in [0.2, 0.25) is 5.02 Å². The summed E-state index contributed by atoms with van der Waals surface area (Å²) in [6.45, 7) is 0.736. The quantitative estimate of drug-likeness (QED) is 0.545. The molecule has 1 aliphatic carbocycles. The highest BCUT2D eigenvalue weighted by atomic mass is 35.5. The Kier molecular flexibility index (Phi) is 6.68. The predicted molar refractivity (Wildman–Crippen MR) is 133 cm³/mol. The van der Waals surface area contributed by atoms with Gasteiger partial charge in [-0.2, -0.15) is 0 Å². The molecule has 2 aliphatic heterocycles. The molecule has 2 heterocycles. The number of carbonyl (C=O) groups is 2. The van der Waals surface area contributed by atoms with Crippen LogP contribution in [-0.2, 0) is 9.53 Å². The van der Waals surface area contributed by atoms with Crippen molar-refractivity contribution in [3.05, 3.63) is 64.7 Å². The minimum Gasteiger partial charge on any atom is -0.383 e. The Labute approximate surface area is 214 Å². The van der Waals surface area contributed by atoms with Gasteiger partial charge < -0.3 is 20.3 Å². The highest BCUT2D eigenvalue weighted by Gasteiger charge is 2.63.